The number of carbonyl (C=O) groups excluding carboxylic acids is 2. The van der Waals surface area contributed by atoms with Gasteiger partial charge in [0.25, 0.3) is 11.8 Å². The average Bonchev–Trinajstić information content (AvgIpc) is 3.04. The van der Waals surface area contributed by atoms with Gasteiger partial charge in [-0.05, 0) is 29.8 Å². The highest BCUT2D eigenvalue weighted by molar-refractivity contribution is 6.46. The van der Waals surface area contributed by atoms with Crippen LogP contribution < -0.4 is 19.7 Å². The third kappa shape index (κ3) is 3.61. The maximum absolute atomic E-state index is 14.4. The number of anilines is 2. The molecule has 0 atom stereocenters. The van der Waals surface area contributed by atoms with Crippen molar-refractivity contribution in [2.75, 3.05) is 24.4 Å². The second-order valence-corrected chi connectivity index (χ2v) is 6.71. The monoisotopic (exact) mass is 418 g/mol. The fourth-order valence-corrected chi connectivity index (χ4v) is 3.43. The van der Waals surface area contributed by atoms with Gasteiger partial charge in [0.2, 0.25) is 0 Å². The number of rotatable bonds is 6. The number of nitrogens with zero attached hydrogens (tertiary/aromatic N) is 1. The Morgan fingerprint density at radius 2 is 1.48 bits per heavy atom. The number of para-hydroxylation sites is 1. The van der Waals surface area contributed by atoms with Gasteiger partial charge >= 0.3 is 0 Å². The maximum atomic E-state index is 14.4. The molecule has 0 spiro atoms. The first-order chi connectivity index (χ1) is 15.0. The van der Waals surface area contributed by atoms with E-state index in [4.69, 9.17) is 9.47 Å². The van der Waals surface area contributed by atoms with Crippen LogP contribution in [0.25, 0.3) is 5.57 Å². The molecule has 7 heteroatoms. The second kappa shape index (κ2) is 8.31. The molecule has 4 rings (SSSR count). The smallest absolute Gasteiger partial charge is 0.282 e. The van der Waals surface area contributed by atoms with Gasteiger partial charge in [-0.25, -0.2) is 9.29 Å². The molecule has 3 aromatic carbocycles. The molecule has 2 amide bonds. The van der Waals surface area contributed by atoms with Gasteiger partial charge in [0.05, 0.1) is 25.5 Å². The van der Waals surface area contributed by atoms with Crippen molar-refractivity contribution in [1.29, 1.82) is 0 Å². The number of methoxy groups -OCH3 is 2. The van der Waals surface area contributed by atoms with E-state index >= 15 is 0 Å². The van der Waals surface area contributed by atoms with E-state index in [0.717, 1.165) is 4.90 Å². The van der Waals surface area contributed by atoms with E-state index in [9.17, 15) is 14.0 Å². The number of benzene rings is 3. The number of ether oxygens (including phenoxy) is 2. The third-order valence-electron chi connectivity index (χ3n) is 4.89. The highest BCUT2D eigenvalue weighted by Crippen LogP contribution is 2.36. The Bertz CT molecular complexity index is 1190. The van der Waals surface area contributed by atoms with Crippen molar-refractivity contribution in [3.8, 4) is 11.5 Å². The van der Waals surface area contributed by atoms with Crippen LogP contribution in [0.5, 0.6) is 11.5 Å². The van der Waals surface area contributed by atoms with E-state index in [1.807, 2.05) is 0 Å². The van der Waals surface area contributed by atoms with Crippen LogP contribution in [-0.2, 0) is 9.59 Å². The Kier molecular flexibility index (Phi) is 5.41. The summed E-state index contributed by atoms with van der Waals surface area (Å²) in [6, 6.07) is 19.5. The summed E-state index contributed by atoms with van der Waals surface area (Å²) in [4.78, 5) is 27.4. The second-order valence-electron chi connectivity index (χ2n) is 6.71. The number of hydrogen-bond donors (Lipinski definition) is 1. The fraction of sp³-hybridized carbons (Fsp3) is 0.0833. The first kappa shape index (κ1) is 20.2. The number of imide groups is 1. The molecule has 0 unspecified atom stereocenters. The van der Waals surface area contributed by atoms with E-state index in [0.29, 0.717) is 22.7 Å². The van der Waals surface area contributed by atoms with E-state index in [2.05, 4.69) is 5.32 Å². The Hall–Kier alpha value is -4.13. The molecule has 0 aliphatic carbocycles. The van der Waals surface area contributed by atoms with Gasteiger partial charge in [0, 0.05) is 11.8 Å². The van der Waals surface area contributed by atoms with E-state index in [1.165, 1.54) is 32.4 Å². The van der Waals surface area contributed by atoms with Gasteiger partial charge < -0.3 is 14.8 Å². The standard InChI is InChI=1S/C24H19FN2O4/c1-30-19-13-12-16(14-20(19)31-2)26-22-21(15-8-4-3-5-9-15)23(28)27(24(22)29)18-11-7-6-10-17(18)25/h3-14,26H,1-2H3. The lowest BCUT2D eigenvalue weighted by Gasteiger charge is -2.16. The quantitative estimate of drug-likeness (QED) is 0.607. The first-order valence-electron chi connectivity index (χ1n) is 9.47. The number of hydrogen-bond acceptors (Lipinski definition) is 5. The number of amides is 2. The summed E-state index contributed by atoms with van der Waals surface area (Å²) < 4.78 is 25.0. The highest BCUT2D eigenvalue weighted by Gasteiger charge is 2.41. The van der Waals surface area contributed by atoms with Crippen molar-refractivity contribution in [3.63, 3.8) is 0 Å². The number of carbonyl (C=O) groups is 2. The molecule has 1 aliphatic rings. The summed E-state index contributed by atoms with van der Waals surface area (Å²) in [7, 11) is 3.02. The Labute approximate surface area is 178 Å². The molecule has 6 nitrogen and oxygen atoms in total. The maximum Gasteiger partial charge on any atom is 0.282 e. The predicted octanol–water partition coefficient (Wildman–Crippen LogP) is 4.24. The minimum Gasteiger partial charge on any atom is -0.493 e. The Balaban J connectivity index is 1.82. The van der Waals surface area contributed by atoms with Gasteiger partial charge in [-0.15, -0.1) is 0 Å². The molecule has 0 aromatic heterocycles. The van der Waals surface area contributed by atoms with E-state index < -0.39 is 17.6 Å². The zero-order chi connectivity index (χ0) is 22.0. The summed E-state index contributed by atoms with van der Waals surface area (Å²) >= 11 is 0. The molecule has 0 saturated carbocycles. The largest absolute Gasteiger partial charge is 0.493 e. The minimum atomic E-state index is -0.663. The van der Waals surface area contributed by atoms with Crippen LogP contribution >= 0.6 is 0 Å². The van der Waals surface area contributed by atoms with Gasteiger partial charge in [-0.2, -0.15) is 0 Å². The summed E-state index contributed by atoms with van der Waals surface area (Å²) in [5.74, 6) is -0.943. The van der Waals surface area contributed by atoms with Crippen molar-refractivity contribution < 1.29 is 23.5 Å². The van der Waals surface area contributed by atoms with Gasteiger partial charge in [0.1, 0.15) is 11.5 Å². The average molecular weight is 418 g/mol. The van der Waals surface area contributed by atoms with Gasteiger partial charge in [0.15, 0.2) is 11.5 Å². The normalized spacial score (nSPS) is 13.6. The summed E-state index contributed by atoms with van der Waals surface area (Å²) in [5, 5.41) is 3.02. The molecule has 0 radical (unpaired) electrons. The van der Waals surface area contributed by atoms with Crippen LogP contribution in [0.2, 0.25) is 0 Å². The SMILES string of the molecule is COc1ccc(NC2=C(c3ccccc3)C(=O)N(c3ccccc3F)C2=O)cc1OC. The Morgan fingerprint density at radius 1 is 0.806 bits per heavy atom. The van der Waals surface area contributed by atoms with Crippen LogP contribution in [0.15, 0.2) is 78.5 Å². The summed E-state index contributed by atoms with van der Waals surface area (Å²) in [6.07, 6.45) is 0. The topological polar surface area (TPSA) is 67.9 Å². The molecule has 1 aliphatic heterocycles. The lowest BCUT2D eigenvalue weighted by Crippen LogP contribution is -2.33. The van der Waals surface area contributed by atoms with Crippen molar-refractivity contribution in [3.05, 3.63) is 89.9 Å². The highest BCUT2D eigenvalue weighted by atomic mass is 19.1. The summed E-state index contributed by atoms with van der Waals surface area (Å²) in [6.45, 7) is 0. The predicted molar refractivity (Wildman–Crippen MR) is 115 cm³/mol. The Morgan fingerprint density at radius 3 is 2.16 bits per heavy atom. The fourth-order valence-electron chi connectivity index (χ4n) is 3.43. The van der Waals surface area contributed by atoms with E-state index in [-0.39, 0.29) is 17.0 Å². The first-order valence-corrected chi connectivity index (χ1v) is 9.47. The molecule has 0 bridgehead atoms. The van der Waals surface area contributed by atoms with Gasteiger partial charge in [-0.3, -0.25) is 9.59 Å². The minimum absolute atomic E-state index is 0.0478. The molecule has 31 heavy (non-hydrogen) atoms. The zero-order valence-electron chi connectivity index (χ0n) is 16.9. The van der Waals surface area contributed by atoms with Crippen molar-refractivity contribution in [1.82, 2.24) is 0 Å². The molecule has 0 saturated heterocycles. The third-order valence-corrected chi connectivity index (χ3v) is 4.89. The molecular formula is C24H19FN2O4. The van der Waals surface area contributed by atoms with Crippen molar-refractivity contribution >= 4 is 28.8 Å². The van der Waals surface area contributed by atoms with Crippen LogP contribution in [-0.4, -0.2) is 26.0 Å². The molecule has 1 N–H and O–H groups in total. The van der Waals surface area contributed by atoms with Crippen LogP contribution in [0.4, 0.5) is 15.8 Å². The van der Waals surface area contributed by atoms with Crippen molar-refractivity contribution in [2.24, 2.45) is 0 Å². The molecule has 156 valence electrons. The lowest BCUT2D eigenvalue weighted by molar-refractivity contribution is -0.120. The van der Waals surface area contributed by atoms with Crippen LogP contribution in [0.1, 0.15) is 5.56 Å². The molecule has 0 fully saturated rings. The van der Waals surface area contributed by atoms with E-state index in [1.54, 1.807) is 54.6 Å². The molecule has 3 aromatic rings. The van der Waals surface area contributed by atoms with Crippen molar-refractivity contribution in [2.45, 2.75) is 0 Å². The number of nitrogens with one attached hydrogen (secondary N) is 1. The van der Waals surface area contributed by atoms with Crippen LogP contribution in [0, 0.1) is 5.82 Å². The molecule has 1 heterocycles. The zero-order valence-corrected chi connectivity index (χ0v) is 16.9. The summed E-state index contributed by atoms with van der Waals surface area (Å²) in [5.41, 5.74) is 1.16. The lowest BCUT2D eigenvalue weighted by atomic mass is 10.0. The van der Waals surface area contributed by atoms with Crippen LogP contribution in [0.3, 0.4) is 0 Å². The molecular weight excluding hydrogens is 399 g/mol. The van der Waals surface area contributed by atoms with Gasteiger partial charge in [-0.1, -0.05) is 42.5 Å². The number of halogens is 1.